The summed E-state index contributed by atoms with van der Waals surface area (Å²) in [5, 5.41) is 4.86. The van der Waals surface area contributed by atoms with E-state index in [1.54, 1.807) is 6.07 Å². The van der Waals surface area contributed by atoms with Crippen molar-refractivity contribution in [3.63, 3.8) is 0 Å². The van der Waals surface area contributed by atoms with E-state index in [0.29, 0.717) is 16.1 Å². The average Bonchev–Trinajstić information content (AvgIpc) is 2.17. The van der Waals surface area contributed by atoms with Crippen LogP contribution in [0.25, 0.3) is 0 Å². The smallest absolute Gasteiger partial charge is 0.0441 e. The van der Waals surface area contributed by atoms with Crippen LogP contribution < -0.4 is 5.32 Å². The van der Waals surface area contributed by atoms with Crippen LogP contribution in [0.4, 0.5) is 5.69 Å². The lowest BCUT2D eigenvalue weighted by Gasteiger charge is -2.23. The topological polar surface area (TPSA) is 12.0 Å². The maximum atomic E-state index is 5.94. The molecule has 1 N–H and O–H groups in total. The van der Waals surface area contributed by atoms with Gasteiger partial charge in [0.15, 0.2) is 0 Å². The quantitative estimate of drug-likeness (QED) is 0.852. The Morgan fingerprint density at radius 3 is 2.27 bits per heavy atom. The van der Waals surface area contributed by atoms with Gasteiger partial charge in [0, 0.05) is 21.8 Å². The van der Waals surface area contributed by atoms with Crippen molar-refractivity contribution in [3.8, 4) is 0 Å². The number of nitrogens with one attached hydrogen (secondary N) is 1. The molecule has 15 heavy (non-hydrogen) atoms. The number of benzene rings is 1. The van der Waals surface area contributed by atoms with Crippen molar-refractivity contribution in [2.45, 2.75) is 18.9 Å². The van der Waals surface area contributed by atoms with Crippen LogP contribution >= 0.6 is 35.0 Å². The van der Waals surface area contributed by atoms with Crippen LogP contribution in [0.3, 0.4) is 0 Å². The second kappa shape index (κ2) is 5.33. The molecule has 0 bridgehead atoms. The second-order valence-corrected chi connectivity index (χ2v) is 5.79. The van der Waals surface area contributed by atoms with Crippen molar-refractivity contribution in [1.82, 2.24) is 0 Å². The Bertz CT molecular complexity index is 317. The van der Waals surface area contributed by atoms with Gasteiger partial charge in [0.25, 0.3) is 0 Å². The van der Waals surface area contributed by atoms with Gasteiger partial charge in [0.05, 0.1) is 0 Å². The average molecular weight is 262 g/mol. The van der Waals surface area contributed by atoms with Crippen LogP contribution in [0.2, 0.25) is 10.0 Å². The molecular formula is C11H13Cl2NS. The molecule has 1 aliphatic heterocycles. The number of hydrogen-bond donors (Lipinski definition) is 1. The molecular weight excluding hydrogens is 249 g/mol. The molecule has 4 heteroatoms. The van der Waals surface area contributed by atoms with E-state index in [1.807, 2.05) is 23.9 Å². The summed E-state index contributed by atoms with van der Waals surface area (Å²) in [7, 11) is 0. The van der Waals surface area contributed by atoms with E-state index in [4.69, 9.17) is 23.2 Å². The van der Waals surface area contributed by atoms with Gasteiger partial charge in [-0.25, -0.2) is 0 Å². The summed E-state index contributed by atoms with van der Waals surface area (Å²) in [5.41, 5.74) is 1.03. The first-order chi connectivity index (χ1) is 7.24. The number of halogens is 2. The second-order valence-electron chi connectivity index (χ2n) is 3.69. The maximum Gasteiger partial charge on any atom is 0.0441 e. The zero-order valence-electron chi connectivity index (χ0n) is 8.30. The third-order valence-electron chi connectivity index (χ3n) is 2.45. The third kappa shape index (κ3) is 3.47. The van der Waals surface area contributed by atoms with Crippen molar-refractivity contribution in [1.29, 1.82) is 0 Å². The van der Waals surface area contributed by atoms with E-state index < -0.39 is 0 Å². The molecule has 1 aliphatic rings. The van der Waals surface area contributed by atoms with Crippen molar-refractivity contribution >= 4 is 40.7 Å². The van der Waals surface area contributed by atoms with Gasteiger partial charge >= 0.3 is 0 Å². The first kappa shape index (κ1) is 11.4. The summed E-state index contributed by atoms with van der Waals surface area (Å²) in [6, 6.07) is 6.18. The molecule has 0 aliphatic carbocycles. The number of anilines is 1. The van der Waals surface area contributed by atoms with Gasteiger partial charge < -0.3 is 5.32 Å². The van der Waals surface area contributed by atoms with E-state index in [1.165, 1.54) is 24.3 Å². The zero-order valence-corrected chi connectivity index (χ0v) is 10.6. The minimum absolute atomic E-state index is 0.570. The van der Waals surface area contributed by atoms with Crippen LogP contribution in [0.5, 0.6) is 0 Å². The maximum absolute atomic E-state index is 5.94. The molecule has 0 unspecified atom stereocenters. The summed E-state index contributed by atoms with van der Waals surface area (Å²) >= 11 is 13.9. The fraction of sp³-hybridized carbons (Fsp3) is 0.455. The van der Waals surface area contributed by atoms with E-state index >= 15 is 0 Å². The largest absolute Gasteiger partial charge is 0.382 e. The summed E-state index contributed by atoms with van der Waals surface area (Å²) in [6.07, 6.45) is 2.43. The van der Waals surface area contributed by atoms with Gasteiger partial charge in [-0.2, -0.15) is 11.8 Å². The summed E-state index contributed by atoms with van der Waals surface area (Å²) in [6.45, 7) is 0. The van der Waals surface area contributed by atoms with E-state index in [0.717, 1.165) is 5.69 Å². The van der Waals surface area contributed by atoms with Crippen molar-refractivity contribution in [2.24, 2.45) is 0 Å². The number of thioether (sulfide) groups is 1. The highest BCUT2D eigenvalue weighted by atomic mass is 35.5. The molecule has 2 rings (SSSR count). The first-order valence-electron chi connectivity index (χ1n) is 5.04. The highest BCUT2D eigenvalue weighted by Crippen LogP contribution is 2.25. The van der Waals surface area contributed by atoms with Crippen LogP contribution in [0.15, 0.2) is 18.2 Å². The van der Waals surface area contributed by atoms with Crippen molar-refractivity contribution in [3.05, 3.63) is 28.2 Å². The van der Waals surface area contributed by atoms with Crippen LogP contribution in [0, 0.1) is 0 Å². The Morgan fingerprint density at radius 1 is 1.07 bits per heavy atom. The molecule has 0 saturated carbocycles. The lowest BCUT2D eigenvalue weighted by Crippen LogP contribution is -2.24. The van der Waals surface area contributed by atoms with Crippen LogP contribution in [-0.4, -0.2) is 17.5 Å². The molecule has 0 spiro atoms. The molecule has 0 atom stereocenters. The monoisotopic (exact) mass is 261 g/mol. The highest BCUT2D eigenvalue weighted by molar-refractivity contribution is 7.99. The molecule has 0 radical (unpaired) electrons. The van der Waals surface area contributed by atoms with Gasteiger partial charge in [0.1, 0.15) is 0 Å². The third-order valence-corrected chi connectivity index (χ3v) is 3.94. The fourth-order valence-electron chi connectivity index (χ4n) is 1.71. The van der Waals surface area contributed by atoms with Crippen molar-refractivity contribution < 1.29 is 0 Å². The Morgan fingerprint density at radius 2 is 1.67 bits per heavy atom. The molecule has 1 heterocycles. The predicted molar refractivity (Wildman–Crippen MR) is 70.4 cm³/mol. The first-order valence-corrected chi connectivity index (χ1v) is 6.95. The molecule has 0 amide bonds. The molecule has 0 aromatic heterocycles. The molecule has 1 fully saturated rings. The predicted octanol–water partition coefficient (Wildman–Crippen LogP) is 4.30. The highest BCUT2D eigenvalue weighted by Gasteiger charge is 2.13. The molecule has 82 valence electrons. The van der Waals surface area contributed by atoms with E-state index in [9.17, 15) is 0 Å². The lowest BCUT2D eigenvalue weighted by molar-refractivity contribution is 0.667. The van der Waals surface area contributed by atoms with Gasteiger partial charge in [-0.15, -0.1) is 0 Å². The summed E-state index contributed by atoms with van der Waals surface area (Å²) < 4.78 is 0. The number of hydrogen-bond acceptors (Lipinski definition) is 2. The Balaban J connectivity index is 2.02. The van der Waals surface area contributed by atoms with Gasteiger partial charge in [-0.05, 0) is 42.5 Å². The van der Waals surface area contributed by atoms with Gasteiger partial charge in [0.2, 0.25) is 0 Å². The Hall–Kier alpha value is -0.0500. The number of rotatable bonds is 2. The van der Waals surface area contributed by atoms with Gasteiger partial charge in [-0.1, -0.05) is 23.2 Å². The zero-order chi connectivity index (χ0) is 10.7. The standard InChI is InChI=1S/C11H13Cl2NS/c12-8-5-9(13)7-11(6-8)14-10-1-3-15-4-2-10/h5-7,10,14H,1-4H2. The Kier molecular flexibility index (Phi) is 4.06. The van der Waals surface area contributed by atoms with Crippen molar-refractivity contribution in [2.75, 3.05) is 16.8 Å². The fourth-order valence-corrected chi connectivity index (χ4v) is 3.35. The molecule has 1 aromatic carbocycles. The molecule has 1 nitrogen and oxygen atoms in total. The van der Waals surface area contributed by atoms with Crippen LogP contribution in [0.1, 0.15) is 12.8 Å². The Labute approximate surface area is 105 Å². The lowest BCUT2D eigenvalue weighted by atomic mass is 10.1. The van der Waals surface area contributed by atoms with E-state index in [-0.39, 0.29) is 0 Å². The SMILES string of the molecule is Clc1cc(Cl)cc(NC2CCSCC2)c1. The van der Waals surface area contributed by atoms with E-state index in [2.05, 4.69) is 5.32 Å². The summed E-state index contributed by atoms with van der Waals surface area (Å²) in [5.74, 6) is 2.48. The summed E-state index contributed by atoms with van der Waals surface area (Å²) in [4.78, 5) is 0. The minimum Gasteiger partial charge on any atom is -0.382 e. The molecule has 1 aromatic rings. The minimum atomic E-state index is 0.570. The van der Waals surface area contributed by atoms with Crippen LogP contribution in [-0.2, 0) is 0 Å². The molecule has 1 saturated heterocycles. The normalized spacial score (nSPS) is 17.7. The van der Waals surface area contributed by atoms with Gasteiger partial charge in [-0.3, -0.25) is 0 Å².